The van der Waals surface area contributed by atoms with Crippen molar-refractivity contribution in [2.24, 2.45) is 0 Å². The first-order valence-corrected chi connectivity index (χ1v) is 18.1. The van der Waals surface area contributed by atoms with Gasteiger partial charge in [-0.15, -0.1) is 0 Å². The molecule has 27 heavy (non-hydrogen) atoms. The van der Waals surface area contributed by atoms with Gasteiger partial charge in [0.25, 0.3) is 0 Å². The summed E-state index contributed by atoms with van der Waals surface area (Å²) >= 11 is 0. The average Bonchev–Trinajstić information content (AvgIpc) is 2.63. The van der Waals surface area contributed by atoms with Crippen LogP contribution < -0.4 is 0 Å². The lowest BCUT2D eigenvalue weighted by atomic mass is 10.4. The van der Waals surface area contributed by atoms with Gasteiger partial charge < -0.3 is 18.9 Å². The quantitative estimate of drug-likeness (QED) is 0.103. The van der Waals surface area contributed by atoms with Gasteiger partial charge in [0.2, 0.25) is 10.2 Å². The maximum Gasteiger partial charge on any atom is 0.228 e. The zero-order chi connectivity index (χ0) is 20.4. The third-order valence-corrected chi connectivity index (χ3v) is 11.8. The summed E-state index contributed by atoms with van der Waals surface area (Å²) < 4.78 is 24.4. The van der Waals surface area contributed by atoms with Gasteiger partial charge in [-0.3, -0.25) is 0 Å². The summed E-state index contributed by atoms with van der Waals surface area (Å²) in [5, 5.41) is -1.10. The molecule has 164 valence electrons. The third kappa shape index (κ3) is 12.6. The molecule has 0 aliphatic rings. The first-order chi connectivity index (χ1) is 13.1. The van der Waals surface area contributed by atoms with Crippen molar-refractivity contribution >= 4 is 50.5 Å². The highest BCUT2D eigenvalue weighted by molar-refractivity contribution is 9.09. The molecule has 0 saturated heterocycles. The molecule has 0 saturated carbocycles. The molecule has 0 spiro atoms. The minimum atomic E-state index is -0.550. The molecule has 9 heteroatoms. The lowest BCUT2D eigenvalue weighted by molar-refractivity contribution is -0.165. The molecule has 4 nitrogen and oxygen atoms in total. The van der Waals surface area contributed by atoms with E-state index in [1.54, 1.807) is 31.4 Å². The van der Waals surface area contributed by atoms with Crippen LogP contribution >= 0.6 is 31.4 Å². The van der Waals surface area contributed by atoms with Crippen molar-refractivity contribution in [2.45, 2.75) is 88.8 Å². The van der Waals surface area contributed by atoms with Gasteiger partial charge in [-0.1, -0.05) is 38.0 Å². The average molecular weight is 475 g/mol. The van der Waals surface area contributed by atoms with Crippen LogP contribution in [-0.2, 0) is 18.9 Å². The fourth-order valence-electron chi connectivity index (χ4n) is 2.73. The maximum absolute atomic E-state index is 6.10. The van der Waals surface area contributed by atoms with Crippen LogP contribution in [0.4, 0.5) is 0 Å². The molecule has 0 fully saturated rings. The molecule has 0 amide bonds. The summed E-state index contributed by atoms with van der Waals surface area (Å²) in [6, 6.07) is 5.16. The van der Waals surface area contributed by atoms with Gasteiger partial charge in [0, 0.05) is 58.3 Å². The van der Waals surface area contributed by atoms with E-state index >= 15 is 0 Å². The van der Waals surface area contributed by atoms with Gasteiger partial charge >= 0.3 is 0 Å². The largest absolute Gasteiger partial charge is 0.341 e. The van der Waals surface area contributed by atoms with Gasteiger partial charge in [-0.25, -0.2) is 0 Å². The summed E-state index contributed by atoms with van der Waals surface area (Å²) in [4.78, 5) is 0. The molecule has 0 aromatic rings. The molecule has 0 heterocycles. The second-order valence-electron chi connectivity index (χ2n) is 6.25. The van der Waals surface area contributed by atoms with Crippen molar-refractivity contribution in [3.8, 4) is 0 Å². The first-order valence-electron chi connectivity index (χ1n) is 10.7. The monoisotopic (exact) mass is 474 g/mol. The molecule has 0 atom stereocenters. The highest BCUT2D eigenvalue weighted by Gasteiger charge is 2.37. The van der Waals surface area contributed by atoms with Crippen molar-refractivity contribution in [1.29, 1.82) is 0 Å². The predicted octanol–water partition coefficient (Wildman–Crippen LogP) is 5.30. The van der Waals surface area contributed by atoms with E-state index in [4.69, 9.17) is 18.9 Å². The molecule has 0 radical (unpaired) electrons. The van der Waals surface area contributed by atoms with Gasteiger partial charge in [-0.05, 0) is 59.1 Å². The highest BCUT2D eigenvalue weighted by Crippen LogP contribution is 2.53. The summed E-state index contributed by atoms with van der Waals surface area (Å²) in [6.45, 7) is 15.4. The molecule has 0 aromatic carbocycles. The Morgan fingerprint density at radius 1 is 0.593 bits per heavy atom. The Morgan fingerprint density at radius 3 is 1.19 bits per heavy atom. The lowest BCUT2D eigenvalue weighted by Crippen LogP contribution is -2.33. The zero-order valence-corrected chi connectivity index (χ0v) is 23.6. The Kier molecular flexibility index (Phi) is 19.0. The van der Waals surface area contributed by atoms with Crippen molar-refractivity contribution in [2.75, 3.05) is 26.4 Å². The van der Waals surface area contributed by atoms with E-state index in [0.717, 1.165) is 12.8 Å². The molecule has 0 bridgehead atoms. The molecule has 0 N–H and O–H groups in total. The van der Waals surface area contributed by atoms with Crippen LogP contribution in [-0.4, -0.2) is 55.7 Å². The third-order valence-electron chi connectivity index (χ3n) is 3.95. The fourth-order valence-corrected chi connectivity index (χ4v) is 11.0. The van der Waals surface area contributed by atoms with E-state index in [0.29, 0.717) is 26.4 Å². The molecule has 0 aliphatic carbocycles. The Bertz CT molecular complexity index is 300. The Hall–Kier alpha value is 1.32. The number of hydrogen-bond acceptors (Lipinski definition) is 7. The van der Waals surface area contributed by atoms with E-state index in [1.165, 1.54) is 24.2 Å². The summed E-state index contributed by atoms with van der Waals surface area (Å²) in [5.41, 5.74) is 0. The molecular weight excluding hydrogens is 433 g/mol. The van der Waals surface area contributed by atoms with Gasteiger partial charge in [0.1, 0.15) is 0 Å². The molecule has 0 aliphatic heterocycles. The minimum absolute atomic E-state index is 0.00717. The molecular formula is C18H42O4S3Si2. The number of ether oxygens (including phenoxy) is 4. The summed E-state index contributed by atoms with van der Waals surface area (Å²) in [5.74, 6) is 0. The standard InChI is InChI=1S/C18H42O4S3Si2/c1-7-19-17(20-8-2,13-15-26-11-5)23-25-24-18(21-9-3,22-10-4)14-16-27-12-6/h7-16,26-27H2,1-6H3. The maximum atomic E-state index is 6.10. The predicted molar refractivity (Wildman–Crippen MR) is 132 cm³/mol. The second kappa shape index (κ2) is 18.1. The fraction of sp³-hybridized carbons (Fsp3) is 1.00. The zero-order valence-electron chi connectivity index (χ0n) is 18.3. The van der Waals surface area contributed by atoms with E-state index in [-0.39, 0.29) is 19.0 Å². The van der Waals surface area contributed by atoms with Crippen LogP contribution in [0.25, 0.3) is 0 Å². The molecule has 0 aromatic heterocycles. The smallest absolute Gasteiger partial charge is 0.228 e. The van der Waals surface area contributed by atoms with Gasteiger partial charge in [0.15, 0.2) is 0 Å². The van der Waals surface area contributed by atoms with Crippen LogP contribution in [0.15, 0.2) is 0 Å². The minimum Gasteiger partial charge on any atom is -0.341 e. The van der Waals surface area contributed by atoms with Gasteiger partial charge in [-0.2, -0.15) is 0 Å². The van der Waals surface area contributed by atoms with E-state index in [2.05, 4.69) is 13.8 Å². The Balaban J connectivity index is 4.97. The Morgan fingerprint density at radius 2 is 0.926 bits per heavy atom. The first kappa shape index (κ1) is 28.3. The lowest BCUT2D eigenvalue weighted by Gasteiger charge is -2.35. The normalized spacial score (nSPS) is 13.6. The van der Waals surface area contributed by atoms with Crippen molar-refractivity contribution in [3.05, 3.63) is 0 Å². The number of hydrogen-bond donors (Lipinski definition) is 0. The Labute approximate surface area is 184 Å². The van der Waals surface area contributed by atoms with E-state index in [9.17, 15) is 0 Å². The van der Waals surface area contributed by atoms with E-state index in [1.807, 2.05) is 27.7 Å². The SMILES string of the molecule is CCOC(CC[SiH2]CC)(OCC)SSSC(CC[SiH2]CC)(OCC)OCC. The van der Waals surface area contributed by atoms with Crippen LogP contribution in [0.2, 0.25) is 24.2 Å². The molecule has 0 unspecified atom stereocenters. The molecule has 0 rings (SSSR count). The summed E-state index contributed by atoms with van der Waals surface area (Å²) in [6.07, 6.45) is 1.93. The van der Waals surface area contributed by atoms with Crippen molar-refractivity contribution in [3.63, 3.8) is 0 Å². The van der Waals surface area contributed by atoms with Crippen molar-refractivity contribution < 1.29 is 18.9 Å². The van der Waals surface area contributed by atoms with Crippen molar-refractivity contribution in [1.82, 2.24) is 0 Å². The summed E-state index contributed by atoms with van der Waals surface area (Å²) in [7, 11) is 5.08. The highest BCUT2D eigenvalue weighted by atomic mass is 33.5. The van der Waals surface area contributed by atoms with Crippen LogP contribution in [0, 0.1) is 0 Å². The van der Waals surface area contributed by atoms with Crippen LogP contribution in [0.3, 0.4) is 0 Å². The van der Waals surface area contributed by atoms with Crippen LogP contribution in [0.1, 0.15) is 54.4 Å². The number of rotatable bonds is 20. The van der Waals surface area contributed by atoms with Crippen LogP contribution in [0.5, 0.6) is 0 Å². The van der Waals surface area contributed by atoms with Gasteiger partial charge in [0.05, 0.1) is 0 Å². The van der Waals surface area contributed by atoms with E-state index < -0.39 is 10.2 Å². The topological polar surface area (TPSA) is 36.9 Å². The second-order valence-corrected chi connectivity index (χ2v) is 15.4.